The van der Waals surface area contributed by atoms with Gasteiger partial charge >= 0.3 is 0 Å². The van der Waals surface area contributed by atoms with E-state index in [1.807, 2.05) is 20.1 Å². The van der Waals surface area contributed by atoms with E-state index in [-0.39, 0.29) is 23.8 Å². The van der Waals surface area contributed by atoms with Crippen LogP contribution >= 0.6 is 11.8 Å². The standard InChI is InChI=1S/C21H22N6O4S2/c1-13-18(14(2)27-20(23-13)25-21(26-27)32-3)11-19(28)24-15-6-8-17(9-7-15)33(29,30)22-12-16-5-4-10-31-16/h4-10,22H,11-12H2,1-3H3,(H,24,28). The van der Waals surface area contributed by atoms with Crippen LogP contribution in [-0.4, -0.2) is 40.2 Å². The lowest BCUT2D eigenvalue weighted by Gasteiger charge is -2.11. The molecule has 3 aromatic heterocycles. The van der Waals surface area contributed by atoms with Gasteiger partial charge in [-0.25, -0.2) is 22.6 Å². The minimum atomic E-state index is -3.71. The molecule has 12 heteroatoms. The molecule has 0 aliphatic carbocycles. The van der Waals surface area contributed by atoms with Gasteiger partial charge in [0.25, 0.3) is 5.78 Å². The van der Waals surface area contributed by atoms with Crippen molar-refractivity contribution in [2.75, 3.05) is 11.6 Å². The Morgan fingerprint density at radius 2 is 1.91 bits per heavy atom. The number of carbonyl (C=O) groups excluding carboxylic acids is 1. The Morgan fingerprint density at radius 1 is 1.15 bits per heavy atom. The molecule has 0 spiro atoms. The van der Waals surface area contributed by atoms with Gasteiger partial charge in [-0.3, -0.25) is 4.79 Å². The maximum absolute atomic E-state index is 12.7. The van der Waals surface area contributed by atoms with Crippen LogP contribution in [-0.2, 0) is 27.8 Å². The molecule has 0 saturated carbocycles. The predicted molar refractivity (Wildman–Crippen MR) is 124 cm³/mol. The minimum absolute atomic E-state index is 0.0507. The van der Waals surface area contributed by atoms with Gasteiger partial charge in [0, 0.05) is 22.6 Å². The van der Waals surface area contributed by atoms with E-state index in [0.717, 1.165) is 11.3 Å². The lowest BCUT2D eigenvalue weighted by molar-refractivity contribution is -0.115. The number of rotatable bonds is 8. The summed E-state index contributed by atoms with van der Waals surface area (Å²) in [5, 5.41) is 7.80. The summed E-state index contributed by atoms with van der Waals surface area (Å²) in [7, 11) is -3.71. The Balaban J connectivity index is 1.44. The maximum Gasteiger partial charge on any atom is 0.253 e. The van der Waals surface area contributed by atoms with Gasteiger partial charge in [0.05, 0.1) is 24.1 Å². The van der Waals surface area contributed by atoms with Gasteiger partial charge in [-0.05, 0) is 56.5 Å². The Morgan fingerprint density at radius 3 is 2.58 bits per heavy atom. The fraction of sp³-hybridized carbons (Fsp3) is 0.238. The Hall–Kier alpha value is -3.22. The summed E-state index contributed by atoms with van der Waals surface area (Å²) in [5.74, 6) is 0.756. The van der Waals surface area contributed by atoms with Crippen LogP contribution in [0.25, 0.3) is 5.78 Å². The number of carbonyl (C=O) groups is 1. The smallest absolute Gasteiger partial charge is 0.253 e. The molecule has 0 saturated heterocycles. The summed E-state index contributed by atoms with van der Waals surface area (Å²) in [6, 6.07) is 9.33. The Bertz CT molecular complexity index is 1400. The molecule has 2 N–H and O–H groups in total. The van der Waals surface area contributed by atoms with E-state index >= 15 is 0 Å². The molecule has 172 valence electrons. The van der Waals surface area contributed by atoms with E-state index < -0.39 is 10.0 Å². The number of aryl methyl sites for hydroxylation is 2. The van der Waals surface area contributed by atoms with Crippen LogP contribution in [0.4, 0.5) is 5.69 Å². The van der Waals surface area contributed by atoms with Crippen LogP contribution in [0, 0.1) is 13.8 Å². The molecule has 0 radical (unpaired) electrons. The summed E-state index contributed by atoms with van der Waals surface area (Å²) in [4.78, 5) is 21.6. The monoisotopic (exact) mass is 486 g/mol. The van der Waals surface area contributed by atoms with Crippen molar-refractivity contribution in [1.29, 1.82) is 0 Å². The lowest BCUT2D eigenvalue weighted by atomic mass is 10.1. The number of aromatic nitrogens is 4. The number of amides is 1. The molecule has 4 rings (SSSR count). The maximum atomic E-state index is 12.7. The number of nitrogens with one attached hydrogen (secondary N) is 2. The first-order valence-corrected chi connectivity index (χ1v) is 12.7. The Kier molecular flexibility index (Phi) is 6.49. The van der Waals surface area contributed by atoms with Crippen LogP contribution in [0.3, 0.4) is 0 Å². The SMILES string of the molecule is CSc1nc2nc(C)c(CC(=O)Nc3ccc(S(=O)(=O)NCc4ccco4)cc3)c(C)n2n1. The van der Waals surface area contributed by atoms with E-state index in [0.29, 0.717) is 28.1 Å². The second-order valence-corrected chi connectivity index (χ2v) is 9.77. The molecule has 1 aromatic carbocycles. The summed E-state index contributed by atoms with van der Waals surface area (Å²) in [5.41, 5.74) is 2.75. The highest BCUT2D eigenvalue weighted by Crippen LogP contribution is 2.19. The number of benzene rings is 1. The van der Waals surface area contributed by atoms with Gasteiger partial charge in [-0.15, -0.1) is 5.10 Å². The number of anilines is 1. The molecule has 3 heterocycles. The lowest BCUT2D eigenvalue weighted by Crippen LogP contribution is -2.23. The number of furan rings is 1. The van der Waals surface area contributed by atoms with E-state index in [4.69, 9.17) is 4.42 Å². The second kappa shape index (κ2) is 9.33. The van der Waals surface area contributed by atoms with Crippen molar-refractivity contribution in [3.63, 3.8) is 0 Å². The number of sulfonamides is 1. The van der Waals surface area contributed by atoms with Gasteiger partial charge in [0.1, 0.15) is 5.76 Å². The third-order valence-electron chi connectivity index (χ3n) is 5.01. The zero-order chi connectivity index (χ0) is 23.6. The fourth-order valence-corrected chi connectivity index (χ4v) is 4.61. The molecular formula is C21H22N6O4S2. The van der Waals surface area contributed by atoms with Gasteiger partial charge in [-0.2, -0.15) is 4.98 Å². The van der Waals surface area contributed by atoms with Gasteiger partial charge in [-0.1, -0.05) is 11.8 Å². The molecular weight excluding hydrogens is 464 g/mol. The third-order valence-corrected chi connectivity index (χ3v) is 6.97. The average Bonchev–Trinajstić information content (AvgIpc) is 3.45. The molecule has 0 aliphatic heterocycles. The van der Waals surface area contributed by atoms with Gasteiger partial charge in [0.2, 0.25) is 21.1 Å². The molecule has 33 heavy (non-hydrogen) atoms. The molecule has 0 unspecified atom stereocenters. The van der Waals surface area contributed by atoms with Crippen LogP contribution in [0.2, 0.25) is 0 Å². The number of hydrogen-bond donors (Lipinski definition) is 2. The van der Waals surface area contributed by atoms with Crippen molar-refractivity contribution in [3.05, 3.63) is 65.4 Å². The summed E-state index contributed by atoms with van der Waals surface area (Å²) >= 11 is 1.42. The van der Waals surface area contributed by atoms with Crippen LogP contribution in [0.5, 0.6) is 0 Å². The van der Waals surface area contributed by atoms with E-state index in [2.05, 4.69) is 25.1 Å². The highest BCUT2D eigenvalue weighted by atomic mass is 32.2. The molecule has 10 nitrogen and oxygen atoms in total. The van der Waals surface area contributed by atoms with Gasteiger partial charge < -0.3 is 9.73 Å². The first-order chi connectivity index (χ1) is 15.8. The number of fused-ring (bicyclic) bond motifs is 1. The van der Waals surface area contributed by atoms with Crippen molar-refractivity contribution >= 4 is 39.2 Å². The fourth-order valence-electron chi connectivity index (χ4n) is 3.28. The summed E-state index contributed by atoms with van der Waals surface area (Å²) < 4.78 is 34.1. The topological polar surface area (TPSA) is 131 Å². The molecule has 1 amide bonds. The minimum Gasteiger partial charge on any atom is -0.468 e. The van der Waals surface area contributed by atoms with Crippen LogP contribution in [0.1, 0.15) is 22.7 Å². The third kappa shape index (κ3) is 5.07. The average molecular weight is 487 g/mol. The van der Waals surface area contributed by atoms with Crippen molar-refractivity contribution in [2.24, 2.45) is 0 Å². The molecule has 0 atom stereocenters. The number of thioether (sulfide) groups is 1. The second-order valence-electron chi connectivity index (χ2n) is 7.22. The summed E-state index contributed by atoms with van der Waals surface area (Å²) in [6.07, 6.45) is 3.46. The van der Waals surface area contributed by atoms with Gasteiger partial charge in [0.15, 0.2) is 0 Å². The quantitative estimate of drug-likeness (QED) is 0.364. The number of hydrogen-bond acceptors (Lipinski definition) is 8. The summed E-state index contributed by atoms with van der Waals surface area (Å²) in [6.45, 7) is 3.76. The largest absolute Gasteiger partial charge is 0.468 e. The highest BCUT2D eigenvalue weighted by molar-refractivity contribution is 7.98. The molecule has 0 aliphatic rings. The van der Waals surface area contributed by atoms with Crippen molar-refractivity contribution in [2.45, 2.75) is 36.9 Å². The molecule has 0 fully saturated rings. The normalized spacial score (nSPS) is 11.7. The van der Waals surface area contributed by atoms with Crippen molar-refractivity contribution in [1.82, 2.24) is 24.3 Å². The van der Waals surface area contributed by atoms with E-state index in [1.54, 1.807) is 28.8 Å². The predicted octanol–water partition coefficient (Wildman–Crippen LogP) is 2.72. The van der Waals surface area contributed by atoms with Crippen molar-refractivity contribution in [3.8, 4) is 0 Å². The van der Waals surface area contributed by atoms with Crippen molar-refractivity contribution < 1.29 is 17.6 Å². The molecule has 0 bridgehead atoms. The zero-order valence-electron chi connectivity index (χ0n) is 18.2. The van der Waals surface area contributed by atoms with Crippen LogP contribution in [0.15, 0.2) is 57.1 Å². The van der Waals surface area contributed by atoms with E-state index in [9.17, 15) is 13.2 Å². The van der Waals surface area contributed by atoms with Crippen LogP contribution < -0.4 is 10.0 Å². The first kappa shape index (κ1) is 23.0. The van der Waals surface area contributed by atoms with E-state index in [1.165, 1.54) is 30.2 Å². The number of nitrogens with zero attached hydrogens (tertiary/aromatic N) is 4. The highest BCUT2D eigenvalue weighted by Gasteiger charge is 2.17. The molecule has 4 aromatic rings. The zero-order valence-corrected chi connectivity index (χ0v) is 19.8. The Labute approximate surface area is 194 Å². The first-order valence-electron chi connectivity index (χ1n) is 9.95.